The molecule has 0 radical (unpaired) electrons. The van der Waals surface area contributed by atoms with E-state index in [1.807, 2.05) is 0 Å². The molecule has 0 fully saturated rings. The topological polar surface area (TPSA) is 0 Å². The Hall–Kier alpha value is 0.350. The van der Waals surface area contributed by atoms with Gasteiger partial charge in [0.25, 0.3) is 0 Å². The molecule has 0 aliphatic carbocycles. The first kappa shape index (κ1) is 14.3. The van der Waals surface area contributed by atoms with Gasteiger partial charge in [0.05, 0.1) is 0 Å². The van der Waals surface area contributed by atoms with Crippen LogP contribution in [-0.2, 0) is 0 Å². The highest BCUT2D eigenvalue weighted by Gasteiger charge is 2.10. The second-order valence-corrected chi connectivity index (χ2v) is 7.81. The van der Waals surface area contributed by atoms with Gasteiger partial charge in [0.15, 0.2) is 0 Å². The molecule has 0 nitrogen and oxygen atoms in total. The molecule has 0 heterocycles. The average molecular weight is 216 g/mol. The summed E-state index contributed by atoms with van der Waals surface area (Å²) in [5.41, 5.74) is 1.03. The summed E-state index contributed by atoms with van der Waals surface area (Å²) in [4.78, 5) is 0. The van der Waals surface area contributed by atoms with Gasteiger partial charge in [-0.2, -0.15) is 11.8 Å². The molecule has 0 saturated carbocycles. The smallest absolute Gasteiger partial charge is 0.00626 e. The molecule has 0 spiro atoms. The predicted octanol–water partition coefficient (Wildman–Crippen LogP) is 4.98. The Morgan fingerprint density at radius 3 is 1.64 bits per heavy atom. The van der Waals surface area contributed by atoms with E-state index < -0.39 is 0 Å². The third-order valence-corrected chi connectivity index (χ3v) is 3.28. The summed E-state index contributed by atoms with van der Waals surface area (Å²) in [7, 11) is 0. The number of hydrogen-bond acceptors (Lipinski definition) is 1. The molecule has 0 rings (SSSR count). The molecule has 1 heteroatoms. The maximum Gasteiger partial charge on any atom is -0.00626 e. The molecule has 0 atom stereocenters. The molecule has 86 valence electrons. The fourth-order valence-corrected chi connectivity index (χ4v) is 2.49. The minimum Gasteiger partial charge on any atom is -0.162 e. The van der Waals surface area contributed by atoms with Crippen molar-refractivity contribution in [1.29, 1.82) is 0 Å². The van der Waals surface area contributed by atoms with Crippen molar-refractivity contribution < 1.29 is 0 Å². The minimum atomic E-state index is 0.511. The first-order chi connectivity index (χ1) is 6.21. The molecular weight excluding hydrogens is 188 g/mol. The molecule has 0 N–H and O–H groups in total. The lowest BCUT2D eigenvalue weighted by Crippen LogP contribution is -2.07. The lowest BCUT2D eigenvalue weighted by Gasteiger charge is -2.19. The van der Waals surface area contributed by atoms with E-state index in [1.54, 1.807) is 0 Å². The summed E-state index contributed by atoms with van der Waals surface area (Å²) in [6.45, 7) is 13.9. The van der Waals surface area contributed by atoms with Crippen molar-refractivity contribution in [3.8, 4) is 0 Å². The largest absolute Gasteiger partial charge is 0.162 e. The molecular formula is C13H28S. The van der Waals surface area contributed by atoms with Crippen LogP contribution < -0.4 is 0 Å². The Morgan fingerprint density at radius 1 is 0.714 bits per heavy atom. The molecule has 0 aliphatic heterocycles. The van der Waals surface area contributed by atoms with Gasteiger partial charge in [-0.05, 0) is 41.6 Å². The van der Waals surface area contributed by atoms with E-state index in [1.165, 1.54) is 30.8 Å². The third-order valence-electron chi connectivity index (χ3n) is 2.21. The van der Waals surface area contributed by atoms with E-state index in [0.717, 1.165) is 0 Å². The summed E-state index contributed by atoms with van der Waals surface area (Å²) in [5, 5.41) is 0. The van der Waals surface area contributed by atoms with Gasteiger partial charge in [0.2, 0.25) is 0 Å². The van der Waals surface area contributed by atoms with E-state index in [9.17, 15) is 0 Å². The maximum atomic E-state index is 2.33. The number of rotatable bonds is 5. The Kier molecular flexibility index (Phi) is 6.20. The molecule has 0 unspecified atom stereocenters. The van der Waals surface area contributed by atoms with Gasteiger partial charge >= 0.3 is 0 Å². The first-order valence-electron chi connectivity index (χ1n) is 5.78. The first-order valence-corrected chi connectivity index (χ1v) is 6.94. The summed E-state index contributed by atoms with van der Waals surface area (Å²) >= 11 is 2.12. The minimum absolute atomic E-state index is 0.511. The van der Waals surface area contributed by atoms with Gasteiger partial charge in [-0.3, -0.25) is 0 Å². The number of hydrogen-bond donors (Lipinski definition) is 0. The van der Waals surface area contributed by atoms with Crippen LogP contribution in [0.4, 0.5) is 0 Å². The summed E-state index contributed by atoms with van der Waals surface area (Å²) in [6.07, 6.45) is 4.07. The van der Waals surface area contributed by atoms with Crippen molar-refractivity contribution >= 4 is 11.8 Å². The molecule has 0 aromatic heterocycles. The Morgan fingerprint density at radius 2 is 1.21 bits per heavy atom. The van der Waals surface area contributed by atoms with E-state index in [0.29, 0.717) is 10.8 Å². The van der Waals surface area contributed by atoms with Gasteiger partial charge in [-0.25, -0.2) is 0 Å². The van der Waals surface area contributed by atoms with Crippen LogP contribution in [0.3, 0.4) is 0 Å². The molecule has 0 saturated heterocycles. The molecule has 0 aromatic carbocycles. The Balaban J connectivity index is 3.23. The summed E-state index contributed by atoms with van der Waals surface area (Å²) < 4.78 is 0. The van der Waals surface area contributed by atoms with Crippen molar-refractivity contribution in [3.05, 3.63) is 0 Å². The van der Waals surface area contributed by atoms with E-state index in [2.05, 4.69) is 53.3 Å². The molecule has 0 aliphatic rings. The average Bonchev–Trinajstić information content (AvgIpc) is 1.92. The van der Waals surface area contributed by atoms with Crippen LogP contribution in [0.15, 0.2) is 0 Å². The van der Waals surface area contributed by atoms with Gasteiger partial charge in [0.1, 0.15) is 0 Å². The van der Waals surface area contributed by atoms with Crippen LogP contribution in [-0.4, -0.2) is 11.5 Å². The van der Waals surface area contributed by atoms with Crippen LogP contribution in [0.2, 0.25) is 0 Å². The SMILES string of the molecule is CC(C)(C)CCCSCCC(C)(C)C. The van der Waals surface area contributed by atoms with Gasteiger partial charge in [-0.1, -0.05) is 41.5 Å². The van der Waals surface area contributed by atoms with E-state index >= 15 is 0 Å². The molecule has 0 aromatic rings. The fourth-order valence-electron chi connectivity index (χ4n) is 1.18. The van der Waals surface area contributed by atoms with Crippen molar-refractivity contribution in [3.63, 3.8) is 0 Å². The van der Waals surface area contributed by atoms with E-state index in [-0.39, 0.29) is 0 Å². The van der Waals surface area contributed by atoms with Crippen molar-refractivity contribution in [2.24, 2.45) is 10.8 Å². The van der Waals surface area contributed by atoms with Crippen LogP contribution in [0, 0.1) is 10.8 Å². The summed E-state index contributed by atoms with van der Waals surface area (Å²) in [5.74, 6) is 2.67. The molecule has 14 heavy (non-hydrogen) atoms. The van der Waals surface area contributed by atoms with Gasteiger partial charge in [0, 0.05) is 0 Å². The maximum absolute atomic E-state index is 2.33. The zero-order chi connectivity index (χ0) is 11.2. The van der Waals surface area contributed by atoms with Crippen molar-refractivity contribution in [2.75, 3.05) is 11.5 Å². The zero-order valence-corrected chi connectivity index (χ0v) is 11.8. The van der Waals surface area contributed by atoms with Crippen LogP contribution in [0.1, 0.15) is 60.8 Å². The molecule has 0 bridgehead atoms. The van der Waals surface area contributed by atoms with Gasteiger partial charge in [-0.15, -0.1) is 0 Å². The highest BCUT2D eigenvalue weighted by atomic mass is 32.2. The normalized spacial score (nSPS) is 13.3. The van der Waals surface area contributed by atoms with Crippen molar-refractivity contribution in [2.45, 2.75) is 60.8 Å². The van der Waals surface area contributed by atoms with E-state index in [4.69, 9.17) is 0 Å². The monoisotopic (exact) mass is 216 g/mol. The van der Waals surface area contributed by atoms with Gasteiger partial charge < -0.3 is 0 Å². The second kappa shape index (κ2) is 6.05. The number of thioether (sulfide) groups is 1. The highest BCUT2D eigenvalue weighted by Crippen LogP contribution is 2.24. The Labute approximate surface area is 95.2 Å². The quantitative estimate of drug-likeness (QED) is 0.584. The summed E-state index contributed by atoms with van der Waals surface area (Å²) in [6, 6.07) is 0. The lowest BCUT2D eigenvalue weighted by molar-refractivity contribution is 0.374. The second-order valence-electron chi connectivity index (χ2n) is 6.59. The standard InChI is InChI=1S/C13H28S/c1-12(2,3)8-7-10-14-11-9-13(4,5)6/h7-11H2,1-6H3. The van der Waals surface area contributed by atoms with Crippen molar-refractivity contribution in [1.82, 2.24) is 0 Å². The Bertz CT molecular complexity index is 118. The molecule has 0 amide bonds. The zero-order valence-electron chi connectivity index (χ0n) is 10.9. The lowest BCUT2D eigenvalue weighted by atomic mass is 9.91. The van der Waals surface area contributed by atoms with Crippen LogP contribution >= 0.6 is 11.8 Å². The fraction of sp³-hybridized carbons (Fsp3) is 1.00. The predicted molar refractivity (Wildman–Crippen MR) is 70.1 cm³/mol. The van der Waals surface area contributed by atoms with Crippen LogP contribution in [0.5, 0.6) is 0 Å². The highest BCUT2D eigenvalue weighted by molar-refractivity contribution is 7.99. The van der Waals surface area contributed by atoms with Crippen LogP contribution in [0.25, 0.3) is 0 Å². The third kappa shape index (κ3) is 12.3.